The molecule has 0 bridgehead atoms. The van der Waals surface area contributed by atoms with Crippen LogP contribution in [0.25, 0.3) is 0 Å². The minimum absolute atomic E-state index is 0.611. The van der Waals surface area contributed by atoms with Crippen molar-refractivity contribution in [1.29, 1.82) is 5.26 Å². The predicted octanol–water partition coefficient (Wildman–Crippen LogP) is 2.37. The van der Waals surface area contributed by atoms with Crippen LogP contribution in [0.3, 0.4) is 0 Å². The van der Waals surface area contributed by atoms with Gasteiger partial charge in [-0.25, -0.2) is 0 Å². The van der Waals surface area contributed by atoms with Gasteiger partial charge in [0.1, 0.15) is 0 Å². The lowest BCUT2D eigenvalue weighted by Crippen LogP contribution is -2.02. The van der Waals surface area contributed by atoms with Gasteiger partial charge in [0.2, 0.25) is 0 Å². The lowest BCUT2D eigenvalue weighted by atomic mass is 10.1. The van der Waals surface area contributed by atoms with Crippen LogP contribution in [0.5, 0.6) is 0 Å². The molecule has 1 heterocycles. The van der Waals surface area contributed by atoms with Gasteiger partial charge in [-0.3, -0.25) is 4.68 Å². The maximum atomic E-state index is 8.44. The first-order chi connectivity index (χ1) is 6.70. The topological polar surface area (TPSA) is 41.6 Å². The summed E-state index contributed by atoms with van der Waals surface area (Å²) < 4.78 is 2.02. The van der Waals surface area contributed by atoms with Crippen LogP contribution in [0.2, 0.25) is 0 Å². The SMILES string of the molecule is CCc1c(C)nn(CCCC#N)c1C. The Bertz CT molecular complexity index is 344. The molecule has 0 aliphatic carbocycles. The van der Waals surface area contributed by atoms with Crippen LogP contribution < -0.4 is 0 Å². The van der Waals surface area contributed by atoms with Gasteiger partial charge in [-0.05, 0) is 32.3 Å². The van der Waals surface area contributed by atoms with E-state index in [1.807, 2.05) is 11.6 Å². The molecule has 0 radical (unpaired) electrons. The van der Waals surface area contributed by atoms with E-state index in [9.17, 15) is 0 Å². The molecular formula is C11H17N3. The van der Waals surface area contributed by atoms with E-state index in [0.717, 1.165) is 25.1 Å². The number of hydrogen-bond donors (Lipinski definition) is 0. The fraction of sp³-hybridized carbons (Fsp3) is 0.636. The molecule has 1 aromatic rings. The van der Waals surface area contributed by atoms with Crippen LogP contribution >= 0.6 is 0 Å². The van der Waals surface area contributed by atoms with Crippen molar-refractivity contribution in [3.05, 3.63) is 17.0 Å². The van der Waals surface area contributed by atoms with Crippen molar-refractivity contribution in [2.45, 2.75) is 46.6 Å². The molecule has 0 N–H and O–H groups in total. The smallest absolute Gasteiger partial charge is 0.0628 e. The lowest BCUT2D eigenvalue weighted by molar-refractivity contribution is 0.568. The highest BCUT2D eigenvalue weighted by atomic mass is 15.3. The molecule has 0 saturated carbocycles. The zero-order chi connectivity index (χ0) is 10.6. The first-order valence-corrected chi connectivity index (χ1v) is 5.10. The number of nitriles is 1. The Hall–Kier alpha value is -1.30. The standard InChI is InChI=1S/C11H17N3/c1-4-11-9(2)13-14(10(11)3)8-6-5-7-12/h4-6,8H2,1-3H3. The van der Waals surface area contributed by atoms with Gasteiger partial charge in [0.25, 0.3) is 0 Å². The van der Waals surface area contributed by atoms with Crippen LogP contribution in [0.4, 0.5) is 0 Å². The number of hydrogen-bond acceptors (Lipinski definition) is 2. The summed E-state index contributed by atoms with van der Waals surface area (Å²) in [6.07, 6.45) is 2.54. The molecule has 0 aromatic carbocycles. The molecule has 3 nitrogen and oxygen atoms in total. The summed E-state index contributed by atoms with van der Waals surface area (Å²) >= 11 is 0. The van der Waals surface area contributed by atoms with Gasteiger partial charge in [-0.1, -0.05) is 6.92 Å². The minimum atomic E-state index is 0.611. The van der Waals surface area contributed by atoms with Crippen molar-refractivity contribution in [2.24, 2.45) is 0 Å². The summed E-state index contributed by atoms with van der Waals surface area (Å²) in [5, 5.41) is 12.9. The second-order valence-corrected chi connectivity index (χ2v) is 3.49. The molecule has 0 spiro atoms. The van der Waals surface area contributed by atoms with Gasteiger partial charge in [-0.15, -0.1) is 0 Å². The molecule has 0 aliphatic rings. The van der Waals surface area contributed by atoms with Gasteiger partial charge in [0.15, 0.2) is 0 Å². The van der Waals surface area contributed by atoms with Gasteiger partial charge in [0.05, 0.1) is 11.8 Å². The third-order valence-electron chi connectivity index (χ3n) is 2.54. The Labute approximate surface area is 85.4 Å². The van der Waals surface area contributed by atoms with E-state index in [0.29, 0.717) is 6.42 Å². The third kappa shape index (κ3) is 2.14. The molecule has 0 saturated heterocycles. The summed E-state index contributed by atoms with van der Waals surface area (Å²) in [5.41, 5.74) is 3.73. The zero-order valence-electron chi connectivity index (χ0n) is 9.17. The minimum Gasteiger partial charge on any atom is -0.269 e. The summed E-state index contributed by atoms with van der Waals surface area (Å²) in [6.45, 7) is 7.16. The normalized spacial score (nSPS) is 10.1. The molecular weight excluding hydrogens is 174 g/mol. The van der Waals surface area contributed by atoms with Crippen molar-refractivity contribution in [1.82, 2.24) is 9.78 Å². The lowest BCUT2D eigenvalue weighted by Gasteiger charge is -2.02. The summed E-state index contributed by atoms with van der Waals surface area (Å²) in [6, 6.07) is 2.15. The van der Waals surface area contributed by atoms with E-state index >= 15 is 0 Å². The molecule has 0 fully saturated rings. The Morgan fingerprint density at radius 2 is 2.14 bits per heavy atom. The molecule has 14 heavy (non-hydrogen) atoms. The van der Waals surface area contributed by atoms with Crippen LogP contribution in [-0.2, 0) is 13.0 Å². The van der Waals surface area contributed by atoms with E-state index < -0.39 is 0 Å². The maximum Gasteiger partial charge on any atom is 0.0628 e. The van der Waals surface area contributed by atoms with Crippen molar-refractivity contribution >= 4 is 0 Å². The van der Waals surface area contributed by atoms with E-state index in [1.54, 1.807) is 0 Å². The van der Waals surface area contributed by atoms with Crippen LogP contribution in [0.1, 0.15) is 36.7 Å². The van der Waals surface area contributed by atoms with E-state index in [-0.39, 0.29) is 0 Å². The van der Waals surface area contributed by atoms with Crippen molar-refractivity contribution in [2.75, 3.05) is 0 Å². The van der Waals surface area contributed by atoms with E-state index in [1.165, 1.54) is 11.3 Å². The second kappa shape index (κ2) is 4.80. The molecule has 1 rings (SSSR count). The zero-order valence-corrected chi connectivity index (χ0v) is 9.17. The van der Waals surface area contributed by atoms with Gasteiger partial charge in [-0.2, -0.15) is 10.4 Å². The number of rotatable bonds is 4. The number of unbranched alkanes of at least 4 members (excludes halogenated alkanes) is 1. The fourth-order valence-corrected chi connectivity index (χ4v) is 1.77. The Balaban J connectivity index is 2.74. The van der Waals surface area contributed by atoms with Gasteiger partial charge < -0.3 is 0 Å². The highest BCUT2D eigenvalue weighted by Gasteiger charge is 2.08. The largest absolute Gasteiger partial charge is 0.269 e. The summed E-state index contributed by atoms with van der Waals surface area (Å²) in [7, 11) is 0. The highest BCUT2D eigenvalue weighted by molar-refractivity contribution is 5.24. The second-order valence-electron chi connectivity index (χ2n) is 3.49. The Kier molecular flexibility index (Phi) is 3.70. The predicted molar refractivity (Wildman–Crippen MR) is 55.9 cm³/mol. The number of aromatic nitrogens is 2. The van der Waals surface area contributed by atoms with Gasteiger partial charge >= 0.3 is 0 Å². The molecule has 76 valence electrons. The Morgan fingerprint density at radius 3 is 2.64 bits per heavy atom. The monoisotopic (exact) mass is 191 g/mol. The highest BCUT2D eigenvalue weighted by Crippen LogP contribution is 2.13. The van der Waals surface area contributed by atoms with Crippen molar-refractivity contribution < 1.29 is 0 Å². The summed E-state index contributed by atoms with van der Waals surface area (Å²) in [4.78, 5) is 0. The molecule has 3 heteroatoms. The fourth-order valence-electron chi connectivity index (χ4n) is 1.77. The van der Waals surface area contributed by atoms with Crippen molar-refractivity contribution in [3.8, 4) is 6.07 Å². The van der Waals surface area contributed by atoms with E-state index in [2.05, 4.69) is 25.0 Å². The molecule has 0 atom stereocenters. The summed E-state index contributed by atoms with van der Waals surface area (Å²) in [5.74, 6) is 0. The molecule has 0 aliphatic heterocycles. The van der Waals surface area contributed by atoms with E-state index in [4.69, 9.17) is 5.26 Å². The third-order valence-corrected chi connectivity index (χ3v) is 2.54. The molecule has 0 amide bonds. The molecule has 0 unspecified atom stereocenters. The van der Waals surface area contributed by atoms with Crippen LogP contribution in [-0.4, -0.2) is 9.78 Å². The van der Waals surface area contributed by atoms with Crippen LogP contribution in [0, 0.1) is 25.2 Å². The quantitative estimate of drug-likeness (QED) is 0.685. The van der Waals surface area contributed by atoms with Crippen molar-refractivity contribution in [3.63, 3.8) is 0 Å². The molecule has 1 aromatic heterocycles. The number of nitrogens with zero attached hydrogens (tertiary/aromatic N) is 3. The van der Waals surface area contributed by atoms with Crippen LogP contribution in [0.15, 0.2) is 0 Å². The maximum absolute atomic E-state index is 8.44. The number of aryl methyl sites for hydroxylation is 2. The Morgan fingerprint density at radius 1 is 1.43 bits per heavy atom. The first-order valence-electron chi connectivity index (χ1n) is 5.10. The average Bonchev–Trinajstić information content (AvgIpc) is 2.42. The average molecular weight is 191 g/mol. The first kappa shape index (κ1) is 10.8. The van der Waals surface area contributed by atoms with Gasteiger partial charge in [0, 0.05) is 18.7 Å².